The minimum absolute atomic E-state index is 0.0240. The first-order valence-corrected chi connectivity index (χ1v) is 7.81. The van der Waals surface area contributed by atoms with Crippen molar-refractivity contribution in [3.8, 4) is 0 Å². The molecule has 0 aromatic carbocycles. The van der Waals surface area contributed by atoms with Crippen LogP contribution in [-0.2, 0) is 6.54 Å². The molecule has 0 amide bonds. The van der Waals surface area contributed by atoms with E-state index in [9.17, 15) is 0 Å². The molecule has 2 atom stereocenters. The predicted molar refractivity (Wildman–Crippen MR) is 84.2 cm³/mol. The normalized spacial score (nSPS) is 16.4. The molecule has 0 fully saturated rings. The summed E-state index contributed by atoms with van der Waals surface area (Å²) >= 11 is 0. The molecule has 20 heavy (non-hydrogen) atoms. The van der Waals surface area contributed by atoms with E-state index >= 15 is 0 Å². The van der Waals surface area contributed by atoms with E-state index < -0.39 is 0 Å². The fourth-order valence-corrected chi connectivity index (χ4v) is 3.13. The van der Waals surface area contributed by atoms with Crippen LogP contribution in [0.15, 0.2) is 12.3 Å². The molecule has 1 heterocycles. The van der Waals surface area contributed by atoms with E-state index in [1.807, 2.05) is 6.20 Å². The van der Waals surface area contributed by atoms with E-state index in [0.29, 0.717) is 0 Å². The number of nitrogens with one attached hydrogen (secondary N) is 1. The molecule has 0 aliphatic heterocycles. The number of nitrogens with two attached hydrogens (primary N) is 1. The standard InChI is InChI=1S/C15H31N5/c1-6-12-20-13(10-11-17-20)14(18-16)15(5,7-2)19(8-3)9-4/h10-11,14,18H,6-9,12,16H2,1-5H3. The molecule has 0 saturated heterocycles. The number of likely N-dealkylation sites (N-methyl/N-ethyl adjacent to an activating group) is 1. The Labute approximate surface area is 123 Å². The van der Waals surface area contributed by atoms with Crippen LogP contribution in [0.5, 0.6) is 0 Å². The van der Waals surface area contributed by atoms with Crippen molar-refractivity contribution in [1.82, 2.24) is 20.1 Å². The van der Waals surface area contributed by atoms with Crippen molar-refractivity contribution < 1.29 is 0 Å². The number of hydrogen-bond donors (Lipinski definition) is 2. The quantitative estimate of drug-likeness (QED) is 0.539. The summed E-state index contributed by atoms with van der Waals surface area (Å²) in [6.45, 7) is 14.0. The van der Waals surface area contributed by atoms with Crippen LogP contribution < -0.4 is 11.3 Å². The Balaban J connectivity index is 3.17. The molecule has 0 aliphatic rings. The van der Waals surface area contributed by atoms with Crippen LogP contribution in [0.1, 0.15) is 59.2 Å². The lowest BCUT2D eigenvalue weighted by atomic mass is 9.85. The fraction of sp³-hybridized carbons (Fsp3) is 0.800. The minimum Gasteiger partial charge on any atom is -0.296 e. The zero-order chi connectivity index (χ0) is 15.2. The van der Waals surface area contributed by atoms with E-state index in [2.05, 4.69) is 60.8 Å². The maximum atomic E-state index is 5.92. The summed E-state index contributed by atoms with van der Waals surface area (Å²) in [5.74, 6) is 5.92. The van der Waals surface area contributed by atoms with Gasteiger partial charge in [0.1, 0.15) is 0 Å². The van der Waals surface area contributed by atoms with E-state index in [0.717, 1.165) is 32.5 Å². The first-order chi connectivity index (χ1) is 9.58. The fourth-order valence-electron chi connectivity index (χ4n) is 3.13. The SMILES string of the molecule is CCCn1nccc1C(NN)C(C)(CC)N(CC)CC. The Morgan fingerprint density at radius 1 is 1.35 bits per heavy atom. The van der Waals surface area contributed by atoms with Crippen LogP contribution in [0.4, 0.5) is 0 Å². The molecule has 0 radical (unpaired) electrons. The number of aromatic nitrogens is 2. The summed E-state index contributed by atoms with van der Waals surface area (Å²) in [4.78, 5) is 2.47. The molecule has 1 aromatic heterocycles. The van der Waals surface area contributed by atoms with Crippen molar-refractivity contribution in [2.45, 2.75) is 65.6 Å². The van der Waals surface area contributed by atoms with E-state index in [-0.39, 0.29) is 11.6 Å². The monoisotopic (exact) mass is 281 g/mol. The van der Waals surface area contributed by atoms with Crippen LogP contribution in [0, 0.1) is 0 Å². The second-order valence-corrected chi connectivity index (χ2v) is 5.46. The topological polar surface area (TPSA) is 59.1 Å². The van der Waals surface area contributed by atoms with Gasteiger partial charge in [-0.2, -0.15) is 5.10 Å². The van der Waals surface area contributed by atoms with Crippen molar-refractivity contribution >= 4 is 0 Å². The molecular formula is C15H31N5. The van der Waals surface area contributed by atoms with Gasteiger partial charge < -0.3 is 0 Å². The van der Waals surface area contributed by atoms with Gasteiger partial charge in [-0.3, -0.25) is 15.4 Å². The smallest absolute Gasteiger partial charge is 0.0809 e. The Kier molecular flexibility index (Phi) is 6.65. The number of hydrazine groups is 1. The third kappa shape index (κ3) is 3.22. The molecule has 116 valence electrons. The molecule has 5 heteroatoms. The van der Waals surface area contributed by atoms with Crippen molar-refractivity contribution in [3.63, 3.8) is 0 Å². The Morgan fingerprint density at radius 2 is 2.00 bits per heavy atom. The molecule has 5 nitrogen and oxygen atoms in total. The van der Waals surface area contributed by atoms with Gasteiger partial charge in [0.15, 0.2) is 0 Å². The van der Waals surface area contributed by atoms with E-state index in [1.54, 1.807) is 0 Å². The van der Waals surface area contributed by atoms with Crippen LogP contribution in [0.2, 0.25) is 0 Å². The number of nitrogens with zero attached hydrogens (tertiary/aromatic N) is 3. The van der Waals surface area contributed by atoms with Crippen molar-refractivity contribution in [3.05, 3.63) is 18.0 Å². The highest BCUT2D eigenvalue weighted by molar-refractivity contribution is 5.14. The largest absolute Gasteiger partial charge is 0.296 e. The second-order valence-electron chi connectivity index (χ2n) is 5.46. The van der Waals surface area contributed by atoms with Gasteiger partial charge in [0.05, 0.1) is 11.7 Å². The first-order valence-electron chi connectivity index (χ1n) is 7.81. The average Bonchev–Trinajstić information content (AvgIpc) is 2.89. The second kappa shape index (κ2) is 7.76. The molecular weight excluding hydrogens is 250 g/mol. The van der Waals surface area contributed by atoms with Gasteiger partial charge in [-0.25, -0.2) is 5.43 Å². The van der Waals surface area contributed by atoms with Crippen LogP contribution in [0.25, 0.3) is 0 Å². The van der Waals surface area contributed by atoms with E-state index in [4.69, 9.17) is 5.84 Å². The van der Waals surface area contributed by atoms with Gasteiger partial charge in [-0.05, 0) is 38.9 Å². The lowest BCUT2D eigenvalue weighted by molar-refractivity contribution is 0.0663. The lowest BCUT2D eigenvalue weighted by Crippen LogP contribution is -2.56. The van der Waals surface area contributed by atoms with Gasteiger partial charge in [-0.1, -0.05) is 27.7 Å². The summed E-state index contributed by atoms with van der Waals surface area (Å²) in [7, 11) is 0. The van der Waals surface area contributed by atoms with Gasteiger partial charge >= 0.3 is 0 Å². The number of hydrogen-bond acceptors (Lipinski definition) is 4. The van der Waals surface area contributed by atoms with Crippen LogP contribution >= 0.6 is 0 Å². The zero-order valence-corrected chi connectivity index (χ0v) is 13.7. The third-order valence-electron chi connectivity index (χ3n) is 4.47. The summed E-state index contributed by atoms with van der Waals surface area (Å²) in [6.07, 6.45) is 3.97. The zero-order valence-electron chi connectivity index (χ0n) is 13.7. The summed E-state index contributed by atoms with van der Waals surface area (Å²) in [6, 6.07) is 2.15. The summed E-state index contributed by atoms with van der Waals surface area (Å²) < 4.78 is 2.07. The maximum Gasteiger partial charge on any atom is 0.0809 e. The third-order valence-corrected chi connectivity index (χ3v) is 4.47. The highest BCUT2D eigenvalue weighted by atomic mass is 15.3. The van der Waals surface area contributed by atoms with Crippen molar-refractivity contribution in [2.75, 3.05) is 13.1 Å². The summed E-state index contributed by atoms with van der Waals surface area (Å²) in [5, 5.41) is 4.44. The molecule has 0 saturated carbocycles. The predicted octanol–water partition coefficient (Wildman–Crippen LogP) is 2.31. The van der Waals surface area contributed by atoms with Gasteiger partial charge in [-0.15, -0.1) is 0 Å². The van der Waals surface area contributed by atoms with E-state index in [1.165, 1.54) is 5.69 Å². The van der Waals surface area contributed by atoms with Gasteiger partial charge in [0, 0.05) is 18.3 Å². The average molecular weight is 281 g/mol. The number of aryl methyl sites for hydroxylation is 1. The van der Waals surface area contributed by atoms with Gasteiger partial charge in [0.25, 0.3) is 0 Å². The highest BCUT2D eigenvalue weighted by Crippen LogP contribution is 2.33. The van der Waals surface area contributed by atoms with Gasteiger partial charge in [0.2, 0.25) is 0 Å². The molecule has 1 aromatic rings. The van der Waals surface area contributed by atoms with Crippen LogP contribution in [-0.4, -0.2) is 33.3 Å². The molecule has 2 unspecified atom stereocenters. The number of rotatable bonds is 9. The first kappa shape index (κ1) is 17.1. The molecule has 1 rings (SSSR count). The highest BCUT2D eigenvalue weighted by Gasteiger charge is 2.38. The lowest BCUT2D eigenvalue weighted by Gasteiger charge is -2.45. The Bertz CT molecular complexity index is 385. The van der Waals surface area contributed by atoms with Crippen molar-refractivity contribution in [1.29, 1.82) is 0 Å². The van der Waals surface area contributed by atoms with Crippen LogP contribution in [0.3, 0.4) is 0 Å². The Morgan fingerprint density at radius 3 is 2.45 bits per heavy atom. The molecule has 3 N–H and O–H groups in total. The molecule has 0 aliphatic carbocycles. The Hall–Kier alpha value is -0.910. The maximum absolute atomic E-state index is 5.92. The van der Waals surface area contributed by atoms with Crippen molar-refractivity contribution in [2.24, 2.45) is 5.84 Å². The molecule has 0 spiro atoms. The minimum atomic E-state index is -0.0240. The summed E-state index contributed by atoms with van der Waals surface area (Å²) in [5.41, 5.74) is 4.19. The molecule has 0 bridgehead atoms.